The van der Waals surface area contributed by atoms with E-state index in [1.165, 1.54) is 12.8 Å². The standard InChI is InChI=1S/C28H35N5O2/c1-4-33(5-2)15-9-12-27(34)32-25-16-23-24(17-26(25)35-18-21-13-14-21)29-19-30-28(23)31-20(3)22-10-7-6-8-11-22/h6-12,16-17,19-21H,4-5,13-15,18H2,1-3H3,(H,32,34)(H,29,30,31). The number of hydrogen-bond acceptors (Lipinski definition) is 6. The van der Waals surface area contributed by atoms with Crippen LogP contribution in [-0.4, -0.2) is 47.0 Å². The molecule has 7 nitrogen and oxygen atoms in total. The zero-order valence-electron chi connectivity index (χ0n) is 20.8. The third-order valence-corrected chi connectivity index (χ3v) is 6.35. The van der Waals surface area contributed by atoms with Crippen LogP contribution in [0.5, 0.6) is 5.75 Å². The Hall–Kier alpha value is -3.45. The lowest BCUT2D eigenvalue weighted by atomic mass is 10.1. The summed E-state index contributed by atoms with van der Waals surface area (Å²) in [6.45, 7) is 9.60. The molecule has 1 aliphatic carbocycles. The second kappa shape index (κ2) is 11.8. The molecule has 1 fully saturated rings. The van der Waals surface area contributed by atoms with Crippen LogP contribution >= 0.6 is 0 Å². The number of amides is 1. The number of hydrogen-bond donors (Lipinski definition) is 2. The highest BCUT2D eigenvalue weighted by molar-refractivity contribution is 6.03. The van der Waals surface area contributed by atoms with Gasteiger partial charge in [0.15, 0.2) is 0 Å². The molecular formula is C28H35N5O2. The number of rotatable bonds is 12. The Bertz CT molecular complexity index is 1160. The Kier molecular flexibility index (Phi) is 8.32. The smallest absolute Gasteiger partial charge is 0.248 e. The fourth-order valence-corrected chi connectivity index (χ4v) is 3.90. The van der Waals surface area contributed by atoms with Crippen molar-refractivity contribution in [2.24, 2.45) is 5.92 Å². The minimum Gasteiger partial charge on any atom is -0.491 e. The number of carbonyl (C=O) groups excluding carboxylic acids is 1. The fourth-order valence-electron chi connectivity index (χ4n) is 3.90. The Balaban J connectivity index is 1.59. The third-order valence-electron chi connectivity index (χ3n) is 6.35. The van der Waals surface area contributed by atoms with Gasteiger partial charge in [-0.15, -0.1) is 0 Å². The second-order valence-electron chi connectivity index (χ2n) is 9.00. The average molecular weight is 474 g/mol. The Morgan fingerprint density at radius 3 is 2.66 bits per heavy atom. The molecular weight excluding hydrogens is 438 g/mol. The molecule has 3 aromatic rings. The number of benzene rings is 2. The summed E-state index contributed by atoms with van der Waals surface area (Å²) in [5.41, 5.74) is 2.56. The molecule has 2 N–H and O–H groups in total. The fraction of sp³-hybridized carbons (Fsp3) is 0.393. The normalized spacial score (nSPS) is 14.4. The van der Waals surface area contributed by atoms with E-state index in [-0.39, 0.29) is 11.9 Å². The van der Waals surface area contributed by atoms with E-state index >= 15 is 0 Å². The molecule has 1 unspecified atom stereocenters. The van der Waals surface area contributed by atoms with Crippen molar-refractivity contribution in [2.75, 3.05) is 36.9 Å². The topological polar surface area (TPSA) is 79.4 Å². The minimum absolute atomic E-state index is 0.0566. The molecule has 1 aromatic heterocycles. The molecule has 0 saturated heterocycles. The van der Waals surface area contributed by atoms with Gasteiger partial charge in [-0.05, 0) is 50.4 Å². The third kappa shape index (κ3) is 6.79. The van der Waals surface area contributed by atoms with E-state index in [1.54, 1.807) is 12.4 Å². The van der Waals surface area contributed by atoms with Gasteiger partial charge in [-0.3, -0.25) is 4.79 Å². The molecule has 1 aliphatic rings. The number of fused-ring (bicyclic) bond motifs is 1. The molecule has 0 aliphatic heterocycles. The number of likely N-dealkylation sites (N-methyl/N-ethyl adjacent to an activating group) is 1. The van der Waals surface area contributed by atoms with Crippen LogP contribution in [0.3, 0.4) is 0 Å². The minimum atomic E-state index is -0.184. The van der Waals surface area contributed by atoms with Crippen molar-refractivity contribution in [1.29, 1.82) is 0 Å². The number of ether oxygens (including phenoxy) is 1. The van der Waals surface area contributed by atoms with Gasteiger partial charge in [-0.1, -0.05) is 50.3 Å². The molecule has 1 heterocycles. The summed E-state index contributed by atoms with van der Waals surface area (Å²) in [6, 6.07) is 14.1. The predicted octanol–water partition coefficient (Wildman–Crippen LogP) is 5.43. The summed E-state index contributed by atoms with van der Waals surface area (Å²) in [4.78, 5) is 24.0. The monoisotopic (exact) mass is 473 g/mol. The summed E-state index contributed by atoms with van der Waals surface area (Å²) < 4.78 is 6.11. The van der Waals surface area contributed by atoms with Crippen molar-refractivity contribution in [3.05, 3.63) is 66.5 Å². The Morgan fingerprint density at radius 1 is 1.17 bits per heavy atom. The second-order valence-corrected chi connectivity index (χ2v) is 9.00. The molecule has 1 amide bonds. The van der Waals surface area contributed by atoms with Crippen molar-refractivity contribution < 1.29 is 9.53 Å². The van der Waals surface area contributed by atoms with Gasteiger partial charge < -0.3 is 20.3 Å². The summed E-state index contributed by atoms with van der Waals surface area (Å²) in [5, 5.41) is 7.34. The van der Waals surface area contributed by atoms with Gasteiger partial charge in [-0.2, -0.15) is 0 Å². The zero-order valence-corrected chi connectivity index (χ0v) is 20.8. The van der Waals surface area contributed by atoms with Crippen LogP contribution in [0.1, 0.15) is 45.2 Å². The van der Waals surface area contributed by atoms with Crippen LogP contribution in [-0.2, 0) is 4.79 Å². The lowest BCUT2D eigenvalue weighted by Gasteiger charge is -2.18. The number of carbonyl (C=O) groups is 1. The average Bonchev–Trinajstić information content (AvgIpc) is 3.71. The van der Waals surface area contributed by atoms with Crippen LogP contribution < -0.4 is 15.4 Å². The van der Waals surface area contributed by atoms with Crippen molar-refractivity contribution in [3.63, 3.8) is 0 Å². The number of nitrogens with zero attached hydrogens (tertiary/aromatic N) is 3. The van der Waals surface area contributed by atoms with Gasteiger partial charge >= 0.3 is 0 Å². The predicted molar refractivity (Wildman–Crippen MR) is 142 cm³/mol. The molecule has 184 valence electrons. The van der Waals surface area contributed by atoms with Gasteiger partial charge in [-0.25, -0.2) is 9.97 Å². The number of aromatic nitrogens is 2. The van der Waals surface area contributed by atoms with Crippen LogP contribution in [0.4, 0.5) is 11.5 Å². The number of anilines is 2. The van der Waals surface area contributed by atoms with Gasteiger partial charge in [0, 0.05) is 30.1 Å². The Labute approximate surface area is 207 Å². The first-order valence-corrected chi connectivity index (χ1v) is 12.5. The maximum Gasteiger partial charge on any atom is 0.248 e. The van der Waals surface area contributed by atoms with E-state index in [4.69, 9.17) is 4.74 Å². The quantitative estimate of drug-likeness (QED) is 0.342. The van der Waals surface area contributed by atoms with Crippen molar-refractivity contribution in [3.8, 4) is 5.75 Å². The highest BCUT2D eigenvalue weighted by Crippen LogP contribution is 2.36. The summed E-state index contributed by atoms with van der Waals surface area (Å²) in [7, 11) is 0. The van der Waals surface area contributed by atoms with Crippen LogP contribution in [0, 0.1) is 5.92 Å². The van der Waals surface area contributed by atoms with Crippen molar-refractivity contribution in [2.45, 2.75) is 39.7 Å². The molecule has 0 bridgehead atoms. The van der Waals surface area contributed by atoms with E-state index < -0.39 is 0 Å². The lowest BCUT2D eigenvalue weighted by Crippen LogP contribution is -2.23. The van der Waals surface area contributed by atoms with Gasteiger partial charge in [0.2, 0.25) is 5.91 Å². The number of nitrogens with one attached hydrogen (secondary N) is 2. The van der Waals surface area contributed by atoms with E-state index in [9.17, 15) is 4.79 Å². The summed E-state index contributed by atoms with van der Waals surface area (Å²) in [6.07, 6.45) is 7.42. The highest BCUT2D eigenvalue weighted by Gasteiger charge is 2.23. The maximum absolute atomic E-state index is 12.7. The highest BCUT2D eigenvalue weighted by atomic mass is 16.5. The molecule has 0 radical (unpaired) electrons. The van der Waals surface area contributed by atoms with E-state index in [2.05, 4.69) is 58.4 Å². The largest absolute Gasteiger partial charge is 0.491 e. The zero-order chi connectivity index (χ0) is 24.6. The molecule has 1 atom stereocenters. The van der Waals surface area contributed by atoms with Crippen LogP contribution in [0.2, 0.25) is 0 Å². The molecule has 0 spiro atoms. The van der Waals surface area contributed by atoms with E-state index in [0.29, 0.717) is 29.8 Å². The lowest BCUT2D eigenvalue weighted by molar-refractivity contribution is -0.111. The first-order valence-electron chi connectivity index (χ1n) is 12.5. The van der Waals surface area contributed by atoms with Crippen LogP contribution in [0.15, 0.2) is 60.9 Å². The molecule has 1 saturated carbocycles. The molecule has 35 heavy (non-hydrogen) atoms. The van der Waals surface area contributed by atoms with Gasteiger partial charge in [0.1, 0.15) is 17.9 Å². The summed E-state index contributed by atoms with van der Waals surface area (Å²) in [5.74, 6) is 1.76. The first-order chi connectivity index (χ1) is 17.1. The Morgan fingerprint density at radius 2 is 1.94 bits per heavy atom. The SMILES string of the molecule is CCN(CC)CC=CC(=O)Nc1cc2c(NC(C)c3ccccc3)ncnc2cc1OCC1CC1. The van der Waals surface area contributed by atoms with Crippen LogP contribution in [0.25, 0.3) is 10.9 Å². The van der Waals surface area contributed by atoms with Gasteiger partial charge in [0.05, 0.1) is 17.8 Å². The van der Waals surface area contributed by atoms with Crippen molar-refractivity contribution >= 4 is 28.3 Å². The maximum atomic E-state index is 12.7. The summed E-state index contributed by atoms with van der Waals surface area (Å²) >= 11 is 0. The van der Waals surface area contributed by atoms with Crippen molar-refractivity contribution in [1.82, 2.24) is 14.9 Å². The molecule has 2 aromatic carbocycles. The molecule has 7 heteroatoms. The van der Waals surface area contributed by atoms with Gasteiger partial charge in [0.25, 0.3) is 0 Å². The van der Waals surface area contributed by atoms with E-state index in [0.717, 1.165) is 36.1 Å². The molecule has 4 rings (SSSR count). The first kappa shape index (κ1) is 24.7. The van der Waals surface area contributed by atoms with E-state index in [1.807, 2.05) is 36.4 Å².